The van der Waals surface area contributed by atoms with Crippen LogP contribution in [0, 0.1) is 0 Å². The maximum absolute atomic E-state index is 13.6. The number of nitrogens with zero attached hydrogens (tertiary/aromatic N) is 2. The number of hydrogen-bond donors (Lipinski definition) is 1. The summed E-state index contributed by atoms with van der Waals surface area (Å²) in [5.41, 5.74) is 0.997. The zero-order valence-electron chi connectivity index (χ0n) is 18.5. The molecule has 6 heteroatoms. The largest absolute Gasteiger partial charge is 0.491 e. The molecule has 170 valence electrons. The Balaban J connectivity index is 1.26. The number of para-hydroxylation sites is 3. The van der Waals surface area contributed by atoms with Crippen LogP contribution in [0.15, 0.2) is 88.7 Å². The SMILES string of the molecule is O=C(CN1CCC[C@@](O)(COc2ccccc2)CC1)N1c2ccccc2Sc2ccccc21. The first-order valence-corrected chi connectivity index (χ1v) is 12.2. The number of hydrogen-bond acceptors (Lipinski definition) is 5. The van der Waals surface area contributed by atoms with Crippen LogP contribution in [0.3, 0.4) is 0 Å². The van der Waals surface area contributed by atoms with E-state index in [0.717, 1.165) is 39.9 Å². The van der Waals surface area contributed by atoms with E-state index in [4.69, 9.17) is 4.74 Å². The summed E-state index contributed by atoms with van der Waals surface area (Å²) in [5, 5.41) is 11.1. The maximum atomic E-state index is 13.6. The maximum Gasteiger partial charge on any atom is 0.245 e. The molecule has 1 saturated heterocycles. The van der Waals surface area contributed by atoms with Crippen LogP contribution in [0.5, 0.6) is 5.75 Å². The van der Waals surface area contributed by atoms with Crippen molar-refractivity contribution in [3.63, 3.8) is 0 Å². The smallest absolute Gasteiger partial charge is 0.245 e. The molecule has 1 atom stereocenters. The van der Waals surface area contributed by atoms with Crippen molar-refractivity contribution in [2.45, 2.75) is 34.7 Å². The topological polar surface area (TPSA) is 53.0 Å². The molecule has 2 heterocycles. The van der Waals surface area contributed by atoms with E-state index in [1.165, 1.54) is 0 Å². The number of likely N-dealkylation sites (tertiary alicyclic amines) is 1. The summed E-state index contributed by atoms with van der Waals surface area (Å²) in [7, 11) is 0. The van der Waals surface area contributed by atoms with Gasteiger partial charge in [-0.1, -0.05) is 54.2 Å². The molecule has 5 nitrogen and oxygen atoms in total. The van der Waals surface area contributed by atoms with Crippen LogP contribution in [0.1, 0.15) is 19.3 Å². The van der Waals surface area contributed by atoms with Crippen LogP contribution in [-0.2, 0) is 4.79 Å². The molecular formula is C27H28N2O3S. The Kier molecular flexibility index (Phi) is 6.40. The van der Waals surface area contributed by atoms with E-state index in [1.807, 2.05) is 71.6 Å². The van der Waals surface area contributed by atoms with Crippen LogP contribution >= 0.6 is 11.8 Å². The van der Waals surface area contributed by atoms with Gasteiger partial charge in [0, 0.05) is 16.3 Å². The third-order valence-corrected chi connectivity index (χ3v) is 7.43. The van der Waals surface area contributed by atoms with Crippen molar-refractivity contribution < 1.29 is 14.6 Å². The lowest BCUT2D eigenvalue weighted by molar-refractivity contribution is -0.119. The second kappa shape index (κ2) is 9.59. The van der Waals surface area contributed by atoms with Crippen LogP contribution in [-0.4, -0.2) is 47.8 Å². The van der Waals surface area contributed by atoms with Crippen molar-refractivity contribution in [2.75, 3.05) is 31.1 Å². The summed E-state index contributed by atoms with van der Waals surface area (Å²) in [6.07, 6.45) is 2.07. The molecule has 33 heavy (non-hydrogen) atoms. The van der Waals surface area contributed by atoms with E-state index >= 15 is 0 Å². The summed E-state index contributed by atoms with van der Waals surface area (Å²) in [5.74, 6) is 0.823. The fraction of sp³-hybridized carbons (Fsp3) is 0.296. The van der Waals surface area contributed by atoms with E-state index in [-0.39, 0.29) is 12.5 Å². The van der Waals surface area contributed by atoms with Gasteiger partial charge in [0.15, 0.2) is 0 Å². The van der Waals surface area contributed by atoms with E-state index in [0.29, 0.717) is 25.9 Å². The molecular weight excluding hydrogens is 432 g/mol. The molecule has 0 aliphatic carbocycles. The molecule has 5 rings (SSSR count). The highest BCUT2D eigenvalue weighted by molar-refractivity contribution is 7.99. The zero-order chi connectivity index (χ0) is 22.7. The number of aliphatic hydroxyl groups is 1. The molecule has 0 saturated carbocycles. The monoisotopic (exact) mass is 460 g/mol. The normalized spacial score (nSPS) is 20.5. The summed E-state index contributed by atoms with van der Waals surface area (Å²) < 4.78 is 5.85. The molecule has 0 spiro atoms. The Morgan fingerprint density at radius 1 is 0.879 bits per heavy atom. The number of ether oxygens (including phenoxy) is 1. The molecule has 1 amide bonds. The quantitative estimate of drug-likeness (QED) is 0.573. The number of anilines is 2. The summed E-state index contributed by atoms with van der Waals surface area (Å²) in [6, 6.07) is 25.7. The third-order valence-electron chi connectivity index (χ3n) is 6.30. The van der Waals surface area contributed by atoms with E-state index in [1.54, 1.807) is 11.8 Å². The van der Waals surface area contributed by atoms with Crippen molar-refractivity contribution in [2.24, 2.45) is 0 Å². The number of rotatable bonds is 5. The minimum absolute atomic E-state index is 0.0566. The van der Waals surface area contributed by atoms with Crippen LogP contribution in [0.2, 0.25) is 0 Å². The summed E-state index contributed by atoms with van der Waals surface area (Å²) >= 11 is 1.70. The molecule has 0 unspecified atom stereocenters. The van der Waals surface area contributed by atoms with Gasteiger partial charge in [-0.15, -0.1) is 0 Å². The number of benzene rings is 3. The average molecular weight is 461 g/mol. The predicted octanol–water partition coefficient (Wildman–Crippen LogP) is 5.11. The van der Waals surface area contributed by atoms with Gasteiger partial charge in [-0.25, -0.2) is 0 Å². The fourth-order valence-corrected chi connectivity index (χ4v) is 5.56. The van der Waals surface area contributed by atoms with Gasteiger partial charge >= 0.3 is 0 Å². The number of amides is 1. The molecule has 3 aromatic carbocycles. The van der Waals surface area contributed by atoms with E-state index < -0.39 is 5.60 Å². The van der Waals surface area contributed by atoms with Gasteiger partial charge in [-0.05, 0) is 62.2 Å². The molecule has 0 radical (unpaired) electrons. The van der Waals surface area contributed by atoms with Gasteiger partial charge in [0.1, 0.15) is 12.4 Å². The standard InChI is InChI=1S/C27H28N2O3S/c30-26(29-22-11-4-6-13-24(22)33-25-14-7-5-12-23(25)29)19-28-17-8-15-27(31,16-18-28)20-32-21-9-2-1-3-10-21/h1-7,9-14,31H,8,15-20H2/t27-/m0/s1. The molecule has 1 N–H and O–H groups in total. The molecule has 0 bridgehead atoms. The lowest BCUT2D eigenvalue weighted by Crippen LogP contribution is -2.41. The van der Waals surface area contributed by atoms with Crippen LogP contribution < -0.4 is 9.64 Å². The second-order valence-electron chi connectivity index (χ2n) is 8.72. The first-order valence-electron chi connectivity index (χ1n) is 11.4. The minimum atomic E-state index is -0.880. The van der Waals surface area contributed by atoms with Crippen molar-refractivity contribution in [3.8, 4) is 5.75 Å². The second-order valence-corrected chi connectivity index (χ2v) is 9.81. The lowest BCUT2D eigenvalue weighted by atomic mass is 9.96. The number of fused-ring (bicyclic) bond motifs is 2. The van der Waals surface area contributed by atoms with Gasteiger partial charge in [-0.2, -0.15) is 0 Å². The van der Waals surface area contributed by atoms with Gasteiger partial charge in [0.25, 0.3) is 0 Å². The highest BCUT2D eigenvalue weighted by Crippen LogP contribution is 2.47. The van der Waals surface area contributed by atoms with Crippen LogP contribution in [0.25, 0.3) is 0 Å². The summed E-state index contributed by atoms with van der Waals surface area (Å²) in [4.78, 5) is 19.8. The lowest BCUT2D eigenvalue weighted by Gasteiger charge is -2.32. The minimum Gasteiger partial charge on any atom is -0.491 e. The van der Waals surface area contributed by atoms with E-state index in [9.17, 15) is 9.90 Å². The Morgan fingerprint density at radius 3 is 2.21 bits per heavy atom. The molecule has 2 aliphatic rings. The van der Waals surface area contributed by atoms with Gasteiger partial charge in [-0.3, -0.25) is 14.6 Å². The Morgan fingerprint density at radius 2 is 1.52 bits per heavy atom. The highest BCUT2D eigenvalue weighted by atomic mass is 32.2. The number of carbonyl (C=O) groups is 1. The van der Waals surface area contributed by atoms with Crippen LogP contribution in [0.4, 0.5) is 11.4 Å². The predicted molar refractivity (Wildman–Crippen MR) is 131 cm³/mol. The molecule has 3 aromatic rings. The van der Waals surface area contributed by atoms with Crippen molar-refractivity contribution in [1.29, 1.82) is 0 Å². The molecule has 1 fully saturated rings. The first kappa shape index (κ1) is 22.0. The fourth-order valence-electron chi connectivity index (χ4n) is 4.51. The Bertz CT molecular complexity index is 1080. The van der Waals surface area contributed by atoms with Crippen molar-refractivity contribution in [1.82, 2.24) is 4.90 Å². The van der Waals surface area contributed by atoms with Gasteiger partial charge in [0.05, 0.1) is 23.5 Å². The first-order chi connectivity index (χ1) is 16.1. The summed E-state index contributed by atoms with van der Waals surface area (Å²) in [6.45, 7) is 2.03. The third kappa shape index (κ3) is 4.93. The van der Waals surface area contributed by atoms with Crippen molar-refractivity contribution in [3.05, 3.63) is 78.9 Å². The molecule has 0 aromatic heterocycles. The molecule has 2 aliphatic heterocycles. The van der Waals surface area contributed by atoms with Crippen molar-refractivity contribution >= 4 is 29.0 Å². The number of carbonyl (C=O) groups excluding carboxylic acids is 1. The van der Waals surface area contributed by atoms with Gasteiger partial charge in [0.2, 0.25) is 5.91 Å². The average Bonchev–Trinajstić information content (AvgIpc) is 3.03. The Hall–Kier alpha value is -2.80. The van der Waals surface area contributed by atoms with Gasteiger partial charge < -0.3 is 9.84 Å². The Labute approximate surface area is 199 Å². The highest BCUT2D eigenvalue weighted by Gasteiger charge is 2.33. The zero-order valence-corrected chi connectivity index (χ0v) is 19.3. The van der Waals surface area contributed by atoms with E-state index in [2.05, 4.69) is 17.0 Å².